The molecule has 1 aliphatic heterocycles. The van der Waals surface area contributed by atoms with Crippen LogP contribution in [-0.4, -0.2) is 24.6 Å². The molecule has 0 spiro atoms. The first-order valence-corrected chi connectivity index (χ1v) is 7.70. The molecule has 1 heterocycles. The van der Waals surface area contributed by atoms with Crippen molar-refractivity contribution in [3.8, 4) is 5.75 Å². The lowest BCUT2D eigenvalue weighted by Gasteiger charge is -2.33. The number of hydrogen-bond acceptors (Lipinski definition) is 4. The maximum absolute atomic E-state index is 12.8. The third-order valence-corrected chi connectivity index (χ3v) is 4.17. The van der Waals surface area contributed by atoms with E-state index in [1.54, 1.807) is 32.2 Å². The topological polar surface area (TPSA) is 64.6 Å². The van der Waals surface area contributed by atoms with E-state index in [0.717, 1.165) is 11.1 Å². The predicted molar refractivity (Wildman–Crippen MR) is 90.3 cm³/mol. The van der Waals surface area contributed by atoms with Gasteiger partial charge in [0.15, 0.2) is 5.60 Å². The van der Waals surface area contributed by atoms with Crippen molar-refractivity contribution < 1.29 is 19.1 Å². The molecule has 5 heteroatoms. The number of benzene rings is 2. The minimum absolute atomic E-state index is 0.328. The van der Waals surface area contributed by atoms with Crippen molar-refractivity contribution >= 4 is 17.6 Å². The number of anilines is 1. The Kier molecular flexibility index (Phi) is 4.01. The van der Waals surface area contributed by atoms with E-state index in [1.807, 2.05) is 31.2 Å². The van der Waals surface area contributed by atoms with E-state index in [9.17, 15) is 9.59 Å². The summed E-state index contributed by atoms with van der Waals surface area (Å²) in [6.45, 7) is 3.55. The molecular weight excluding hydrogens is 306 g/mol. The average molecular weight is 325 g/mol. The Morgan fingerprint density at radius 3 is 2.75 bits per heavy atom. The van der Waals surface area contributed by atoms with Crippen LogP contribution in [0.1, 0.15) is 28.4 Å². The quantitative estimate of drug-likeness (QED) is 0.881. The number of ether oxygens (including phenoxy) is 2. The maximum Gasteiger partial charge on any atom is 0.339 e. The number of carbonyl (C=O) groups is 2. The molecule has 3 rings (SSSR count). The SMILES string of the molecule is COc1ccc(C)cc1NC(=O)C1(C)Cc2ccccc2C(=O)O1. The number of carbonyl (C=O) groups excluding carboxylic acids is 2. The fraction of sp³-hybridized carbons (Fsp3) is 0.263. The van der Waals surface area contributed by atoms with Crippen molar-refractivity contribution in [2.75, 3.05) is 12.4 Å². The van der Waals surface area contributed by atoms with Gasteiger partial charge < -0.3 is 14.8 Å². The van der Waals surface area contributed by atoms with Gasteiger partial charge in [0.25, 0.3) is 5.91 Å². The minimum Gasteiger partial charge on any atom is -0.495 e. The van der Waals surface area contributed by atoms with E-state index in [0.29, 0.717) is 23.4 Å². The van der Waals surface area contributed by atoms with Crippen molar-refractivity contribution in [3.05, 3.63) is 59.2 Å². The second kappa shape index (κ2) is 6.00. The van der Waals surface area contributed by atoms with Crippen LogP contribution in [0.4, 0.5) is 5.69 Å². The molecule has 124 valence electrons. The molecule has 1 aliphatic rings. The molecule has 0 aliphatic carbocycles. The van der Waals surface area contributed by atoms with Crippen molar-refractivity contribution in [2.45, 2.75) is 25.9 Å². The van der Waals surface area contributed by atoms with Crippen LogP contribution in [0.5, 0.6) is 5.75 Å². The minimum atomic E-state index is -1.26. The lowest BCUT2D eigenvalue weighted by atomic mass is 9.89. The Bertz CT molecular complexity index is 815. The number of hydrogen-bond donors (Lipinski definition) is 1. The number of aryl methyl sites for hydroxylation is 1. The third-order valence-electron chi connectivity index (χ3n) is 4.17. The van der Waals surface area contributed by atoms with Crippen molar-refractivity contribution in [2.24, 2.45) is 0 Å². The van der Waals surface area contributed by atoms with E-state index in [4.69, 9.17) is 9.47 Å². The van der Waals surface area contributed by atoms with Crippen LogP contribution in [0.25, 0.3) is 0 Å². The largest absolute Gasteiger partial charge is 0.495 e. The highest BCUT2D eigenvalue weighted by Gasteiger charge is 2.42. The molecular formula is C19H19NO4. The number of amides is 1. The zero-order chi connectivity index (χ0) is 17.3. The van der Waals surface area contributed by atoms with Crippen LogP contribution in [0.2, 0.25) is 0 Å². The molecule has 0 fully saturated rings. The van der Waals surface area contributed by atoms with Gasteiger partial charge in [-0.3, -0.25) is 4.79 Å². The van der Waals surface area contributed by atoms with Gasteiger partial charge in [0.2, 0.25) is 0 Å². The van der Waals surface area contributed by atoms with Gasteiger partial charge in [0, 0.05) is 6.42 Å². The van der Waals surface area contributed by atoms with Crippen LogP contribution >= 0.6 is 0 Å². The summed E-state index contributed by atoms with van der Waals surface area (Å²) in [6.07, 6.45) is 0.328. The van der Waals surface area contributed by atoms with Crippen molar-refractivity contribution in [3.63, 3.8) is 0 Å². The van der Waals surface area contributed by atoms with Gasteiger partial charge in [0.1, 0.15) is 5.75 Å². The van der Waals surface area contributed by atoms with Gasteiger partial charge in [-0.15, -0.1) is 0 Å². The van der Waals surface area contributed by atoms with Crippen molar-refractivity contribution in [1.29, 1.82) is 0 Å². The molecule has 2 aromatic rings. The zero-order valence-corrected chi connectivity index (χ0v) is 13.9. The molecule has 24 heavy (non-hydrogen) atoms. The molecule has 5 nitrogen and oxygen atoms in total. The molecule has 1 unspecified atom stereocenters. The standard InChI is InChI=1S/C19H19NO4/c1-12-8-9-16(23-3)15(10-12)20-18(22)19(2)11-13-6-4-5-7-14(13)17(21)24-19/h4-10H,11H2,1-3H3,(H,20,22). The van der Waals surface area contributed by atoms with Crippen LogP contribution in [0.15, 0.2) is 42.5 Å². The van der Waals surface area contributed by atoms with Crippen LogP contribution < -0.4 is 10.1 Å². The molecule has 0 radical (unpaired) electrons. The third kappa shape index (κ3) is 2.85. The number of fused-ring (bicyclic) bond motifs is 1. The molecule has 0 saturated heterocycles. The highest BCUT2D eigenvalue weighted by molar-refractivity contribution is 6.03. The normalized spacial score (nSPS) is 19.2. The number of methoxy groups -OCH3 is 1. The summed E-state index contributed by atoms with van der Waals surface area (Å²) in [5.74, 6) is -0.306. The first-order valence-electron chi connectivity index (χ1n) is 7.70. The van der Waals surface area contributed by atoms with E-state index in [1.165, 1.54) is 0 Å². The lowest BCUT2D eigenvalue weighted by molar-refractivity contribution is -0.134. The molecule has 0 bridgehead atoms. The Balaban J connectivity index is 1.88. The molecule has 1 atom stereocenters. The zero-order valence-electron chi connectivity index (χ0n) is 13.9. The summed E-state index contributed by atoms with van der Waals surface area (Å²) in [5.41, 5.74) is 1.60. The van der Waals surface area contributed by atoms with E-state index in [2.05, 4.69) is 5.32 Å². The van der Waals surface area contributed by atoms with Gasteiger partial charge >= 0.3 is 5.97 Å². The molecule has 1 N–H and O–H groups in total. The number of nitrogens with one attached hydrogen (secondary N) is 1. The molecule has 1 amide bonds. The van der Waals surface area contributed by atoms with Crippen LogP contribution in [0, 0.1) is 6.92 Å². The summed E-state index contributed by atoms with van der Waals surface area (Å²) in [5, 5.41) is 2.82. The Morgan fingerprint density at radius 1 is 1.25 bits per heavy atom. The Morgan fingerprint density at radius 2 is 2.00 bits per heavy atom. The van der Waals surface area contributed by atoms with Gasteiger partial charge in [-0.25, -0.2) is 4.79 Å². The lowest BCUT2D eigenvalue weighted by Crippen LogP contribution is -2.48. The first kappa shape index (κ1) is 16.1. The first-order chi connectivity index (χ1) is 11.4. The van der Waals surface area contributed by atoms with Gasteiger partial charge in [-0.05, 0) is 43.2 Å². The summed E-state index contributed by atoms with van der Waals surface area (Å²) in [6, 6.07) is 12.7. The smallest absolute Gasteiger partial charge is 0.339 e. The number of cyclic esters (lactones) is 1. The van der Waals surface area contributed by atoms with E-state index in [-0.39, 0.29) is 5.91 Å². The number of rotatable bonds is 3. The fourth-order valence-corrected chi connectivity index (χ4v) is 2.83. The van der Waals surface area contributed by atoms with Gasteiger partial charge in [-0.1, -0.05) is 24.3 Å². The summed E-state index contributed by atoms with van der Waals surface area (Å²) in [7, 11) is 1.54. The monoisotopic (exact) mass is 325 g/mol. The van der Waals surface area contributed by atoms with Gasteiger partial charge in [-0.2, -0.15) is 0 Å². The van der Waals surface area contributed by atoms with Crippen LogP contribution in [-0.2, 0) is 16.0 Å². The van der Waals surface area contributed by atoms with E-state index >= 15 is 0 Å². The second-order valence-electron chi connectivity index (χ2n) is 6.11. The summed E-state index contributed by atoms with van der Waals surface area (Å²) in [4.78, 5) is 25.0. The van der Waals surface area contributed by atoms with Crippen LogP contribution in [0.3, 0.4) is 0 Å². The Labute approximate surface area is 140 Å². The molecule has 0 saturated carbocycles. The second-order valence-corrected chi connectivity index (χ2v) is 6.11. The molecule has 0 aromatic heterocycles. The van der Waals surface area contributed by atoms with Crippen molar-refractivity contribution in [1.82, 2.24) is 0 Å². The predicted octanol–water partition coefficient (Wildman–Crippen LogP) is 3.11. The Hall–Kier alpha value is -2.82. The maximum atomic E-state index is 12.8. The highest BCUT2D eigenvalue weighted by Crippen LogP contribution is 2.31. The highest BCUT2D eigenvalue weighted by atomic mass is 16.6. The summed E-state index contributed by atoms with van der Waals surface area (Å²) < 4.78 is 10.7. The summed E-state index contributed by atoms with van der Waals surface area (Å²) >= 11 is 0. The fourth-order valence-electron chi connectivity index (χ4n) is 2.83. The number of esters is 1. The molecule has 2 aromatic carbocycles. The average Bonchev–Trinajstić information content (AvgIpc) is 2.55. The van der Waals surface area contributed by atoms with E-state index < -0.39 is 11.6 Å². The van der Waals surface area contributed by atoms with Gasteiger partial charge in [0.05, 0.1) is 18.4 Å².